The topological polar surface area (TPSA) is 69.9 Å². The largest absolute Gasteiger partial charge is 0.325 e. The van der Waals surface area contributed by atoms with Crippen LogP contribution in [0.2, 0.25) is 10.0 Å². The van der Waals surface area contributed by atoms with Gasteiger partial charge in [-0.1, -0.05) is 54.0 Å². The molecule has 1 aliphatic heterocycles. The molecule has 0 saturated carbocycles. The van der Waals surface area contributed by atoms with E-state index in [4.69, 9.17) is 23.2 Å². The Bertz CT molecular complexity index is 1180. The standard InChI is InChI=1S/C20H16Cl2N4O2S/c1-3-16(27)25-15-7-5-4-6-13(15)17-18(28)23-20(29-2)24-26(17)19(25)12-9-8-11(21)10-14(12)22/h4-10,19H,3H2,1-2H3/p+1/t19-/m0/s1. The van der Waals surface area contributed by atoms with Crippen molar-refractivity contribution in [3.63, 3.8) is 0 Å². The number of hydrogen-bond donors (Lipinski definition) is 1. The average molecular weight is 448 g/mol. The number of H-pyrrole nitrogens is 1. The molecular weight excluding hydrogens is 431 g/mol. The molecule has 0 radical (unpaired) electrons. The summed E-state index contributed by atoms with van der Waals surface area (Å²) in [4.78, 5) is 30.5. The Morgan fingerprint density at radius 3 is 2.72 bits per heavy atom. The maximum absolute atomic E-state index is 13.1. The summed E-state index contributed by atoms with van der Waals surface area (Å²) in [6.07, 6.45) is 1.39. The molecule has 1 amide bonds. The predicted molar refractivity (Wildman–Crippen MR) is 115 cm³/mol. The molecule has 1 aromatic heterocycles. The Balaban J connectivity index is 2.11. The number of fused-ring (bicyclic) bond motifs is 3. The molecule has 2 heterocycles. The first-order valence-electron chi connectivity index (χ1n) is 8.92. The first-order chi connectivity index (χ1) is 14.0. The van der Waals surface area contributed by atoms with Gasteiger partial charge in [-0.15, -0.1) is 0 Å². The van der Waals surface area contributed by atoms with Crippen LogP contribution in [0.1, 0.15) is 25.1 Å². The second-order valence-corrected chi connectivity index (χ2v) is 8.07. The summed E-state index contributed by atoms with van der Waals surface area (Å²) in [6, 6.07) is 12.4. The van der Waals surface area contributed by atoms with Gasteiger partial charge in [0.05, 0.1) is 21.8 Å². The highest BCUT2D eigenvalue weighted by Crippen LogP contribution is 2.39. The van der Waals surface area contributed by atoms with Crippen LogP contribution in [-0.2, 0) is 4.79 Å². The van der Waals surface area contributed by atoms with E-state index in [0.717, 1.165) is 0 Å². The molecule has 0 bridgehead atoms. The van der Waals surface area contributed by atoms with E-state index in [0.29, 0.717) is 37.7 Å². The van der Waals surface area contributed by atoms with E-state index >= 15 is 0 Å². The van der Waals surface area contributed by atoms with Crippen LogP contribution in [0.25, 0.3) is 11.3 Å². The van der Waals surface area contributed by atoms with Crippen molar-refractivity contribution in [2.45, 2.75) is 24.7 Å². The number of benzene rings is 2. The van der Waals surface area contributed by atoms with Gasteiger partial charge in [0.2, 0.25) is 11.1 Å². The summed E-state index contributed by atoms with van der Waals surface area (Å²) >= 11 is 13.9. The third-order valence-corrected chi connectivity index (χ3v) is 5.90. The third-order valence-electron chi connectivity index (χ3n) is 4.76. The van der Waals surface area contributed by atoms with Crippen LogP contribution in [0.5, 0.6) is 0 Å². The van der Waals surface area contributed by atoms with E-state index < -0.39 is 6.17 Å². The van der Waals surface area contributed by atoms with Crippen molar-refractivity contribution in [2.24, 2.45) is 0 Å². The van der Waals surface area contributed by atoms with Crippen molar-refractivity contribution in [3.05, 3.63) is 68.4 Å². The van der Waals surface area contributed by atoms with Crippen molar-refractivity contribution in [2.75, 3.05) is 11.2 Å². The third kappa shape index (κ3) is 3.33. The number of thioether (sulfide) groups is 1. The highest BCUT2D eigenvalue weighted by molar-refractivity contribution is 7.98. The first kappa shape index (κ1) is 19.9. The van der Waals surface area contributed by atoms with Crippen molar-refractivity contribution >= 4 is 46.6 Å². The van der Waals surface area contributed by atoms with Gasteiger partial charge in [-0.2, -0.15) is 0 Å². The van der Waals surface area contributed by atoms with Gasteiger partial charge in [0, 0.05) is 16.5 Å². The number of amides is 1. The van der Waals surface area contributed by atoms with Crippen LogP contribution in [0, 0.1) is 0 Å². The molecule has 1 aliphatic rings. The molecule has 1 atom stereocenters. The number of rotatable bonds is 3. The molecule has 0 unspecified atom stereocenters. The molecule has 148 valence electrons. The fraction of sp³-hybridized carbons (Fsp3) is 0.200. The van der Waals surface area contributed by atoms with Crippen LogP contribution >= 0.6 is 35.0 Å². The number of hydrogen-bond acceptors (Lipinski definition) is 4. The van der Waals surface area contributed by atoms with Gasteiger partial charge in [-0.3, -0.25) is 14.6 Å². The normalized spacial score (nSPS) is 15.0. The minimum atomic E-state index is -0.717. The molecule has 2 aromatic carbocycles. The number of nitrogens with one attached hydrogen (secondary N) is 1. The number of carbonyl (C=O) groups excluding carboxylic acids is 1. The zero-order valence-corrected chi connectivity index (χ0v) is 18.0. The highest BCUT2D eigenvalue weighted by atomic mass is 35.5. The molecule has 0 spiro atoms. The number of aromatic amines is 1. The summed E-state index contributed by atoms with van der Waals surface area (Å²) in [5.74, 6) is -0.112. The molecule has 4 rings (SSSR count). The van der Waals surface area contributed by atoms with E-state index in [1.54, 1.807) is 34.7 Å². The molecule has 1 N–H and O–H groups in total. The van der Waals surface area contributed by atoms with Gasteiger partial charge in [0.15, 0.2) is 0 Å². The van der Waals surface area contributed by atoms with Gasteiger partial charge in [0.1, 0.15) is 0 Å². The lowest BCUT2D eigenvalue weighted by molar-refractivity contribution is -0.763. The number of halogens is 2. The predicted octanol–water partition coefficient (Wildman–Crippen LogP) is 4.06. The maximum atomic E-state index is 13.1. The lowest BCUT2D eigenvalue weighted by Gasteiger charge is -2.32. The molecule has 6 nitrogen and oxygen atoms in total. The Labute approximate surface area is 181 Å². The highest BCUT2D eigenvalue weighted by Gasteiger charge is 2.46. The number of para-hydroxylation sites is 1. The zero-order valence-electron chi connectivity index (χ0n) is 15.6. The van der Waals surface area contributed by atoms with Crippen LogP contribution < -0.4 is 15.1 Å². The minimum absolute atomic E-state index is 0.112. The fourth-order valence-electron chi connectivity index (χ4n) is 3.50. The monoisotopic (exact) mass is 447 g/mol. The summed E-state index contributed by atoms with van der Waals surface area (Å²) in [5, 5.41) is 5.93. The van der Waals surface area contributed by atoms with Crippen molar-refractivity contribution in [1.82, 2.24) is 10.1 Å². The van der Waals surface area contributed by atoms with Crippen molar-refractivity contribution in [1.29, 1.82) is 0 Å². The molecule has 0 fully saturated rings. The van der Waals surface area contributed by atoms with Crippen LogP contribution in [-0.4, -0.2) is 22.2 Å². The minimum Gasteiger partial charge on any atom is -0.291 e. The maximum Gasteiger partial charge on any atom is 0.325 e. The molecular formula is C20H17Cl2N4O2S+. The van der Waals surface area contributed by atoms with E-state index in [-0.39, 0.29) is 17.9 Å². The van der Waals surface area contributed by atoms with Gasteiger partial charge < -0.3 is 0 Å². The SMILES string of the molecule is CCC(=O)N1c2ccccc2-c2c(=O)[nH]c(SC)n[n+]2[C@H]1c1ccc(Cl)cc1Cl. The van der Waals surface area contributed by atoms with Crippen LogP contribution in [0.3, 0.4) is 0 Å². The summed E-state index contributed by atoms with van der Waals surface area (Å²) in [7, 11) is 0. The van der Waals surface area contributed by atoms with Gasteiger partial charge in [-0.25, -0.2) is 4.90 Å². The van der Waals surface area contributed by atoms with E-state index in [1.807, 2.05) is 30.5 Å². The number of aromatic nitrogens is 3. The van der Waals surface area contributed by atoms with E-state index in [1.165, 1.54) is 11.8 Å². The van der Waals surface area contributed by atoms with Gasteiger partial charge in [0.25, 0.3) is 6.17 Å². The lowest BCUT2D eigenvalue weighted by Crippen LogP contribution is -2.61. The van der Waals surface area contributed by atoms with E-state index in [2.05, 4.69) is 10.1 Å². The Hall–Kier alpha value is -2.35. The Morgan fingerprint density at radius 2 is 2.03 bits per heavy atom. The summed E-state index contributed by atoms with van der Waals surface area (Å²) < 4.78 is 1.58. The van der Waals surface area contributed by atoms with E-state index in [9.17, 15) is 9.59 Å². The quantitative estimate of drug-likeness (QED) is 0.485. The number of carbonyl (C=O) groups is 1. The smallest absolute Gasteiger partial charge is 0.291 e. The van der Waals surface area contributed by atoms with Gasteiger partial charge in [-0.05, 0) is 41.3 Å². The Kier molecular flexibility index (Phi) is 5.38. The molecule has 0 aliphatic carbocycles. The molecule has 29 heavy (non-hydrogen) atoms. The van der Waals surface area contributed by atoms with Crippen molar-refractivity contribution in [3.8, 4) is 11.3 Å². The van der Waals surface area contributed by atoms with Crippen molar-refractivity contribution < 1.29 is 9.48 Å². The second kappa shape index (κ2) is 7.82. The molecule has 3 aromatic rings. The Morgan fingerprint density at radius 1 is 1.28 bits per heavy atom. The van der Waals surface area contributed by atoms with Crippen LogP contribution in [0.15, 0.2) is 52.4 Å². The zero-order chi connectivity index (χ0) is 20.7. The summed E-state index contributed by atoms with van der Waals surface area (Å²) in [5.41, 5.74) is 1.99. The van der Waals surface area contributed by atoms with Gasteiger partial charge >= 0.3 is 11.3 Å². The molecule has 9 heteroatoms. The first-order valence-corrected chi connectivity index (χ1v) is 10.9. The fourth-order valence-corrected chi connectivity index (χ4v) is 4.37. The lowest BCUT2D eigenvalue weighted by atomic mass is 10.0. The number of nitrogens with zero attached hydrogens (tertiary/aromatic N) is 3. The number of anilines is 1. The molecule has 0 saturated heterocycles. The van der Waals surface area contributed by atoms with Crippen LogP contribution in [0.4, 0.5) is 5.69 Å². The second-order valence-electron chi connectivity index (χ2n) is 6.43. The summed E-state index contributed by atoms with van der Waals surface area (Å²) in [6.45, 7) is 1.80. The average Bonchev–Trinajstić information content (AvgIpc) is 2.72.